The molecule has 3 aromatic rings. The molecule has 3 rings (SSSR count). The van der Waals surface area contributed by atoms with Crippen molar-refractivity contribution >= 4 is 29.1 Å². The van der Waals surface area contributed by atoms with Gasteiger partial charge in [-0.2, -0.15) is 15.3 Å². The second-order valence-electron chi connectivity index (χ2n) is 5.14. The van der Waals surface area contributed by atoms with E-state index in [1.807, 2.05) is 0 Å². The van der Waals surface area contributed by atoms with Crippen molar-refractivity contribution in [3.05, 3.63) is 65.9 Å². The van der Waals surface area contributed by atoms with Crippen molar-refractivity contribution in [2.75, 3.05) is 17.7 Å². The summed E-state index contributed by atoms with van der Waals surface area (Å²) in [7, 11) is 1.32. The molecule has 2 aromatic carbocycles. The maximum absolute atomic E-state index is 11.8. The van der Waals surface area contributed by atoms with Gasteiger partial charge in [-0.15, -0.1) is 5.10 Å². The number of esters is 1. The highest BCUT2D eigenvalue weighted by atomic mass is 16.5. The van der Waals surface area contributed by atoms with Gasteiger partial charge in [0.05, 0.1) is 36.2 Å². The van der Waals surface area contributed by atoms with Crippen LogP contribution in [0.4, 0.5) is 23.1 Å². The summed E-state index contributed by atoms with van der Waals surface area (Å²) >= 11 is 0. The van der Waals surface area contributed by atoms with E-state index >= 15 is 0 Å². The molecule has 0 radical (unpaired) electrons. The number of nitriles is 1. The number of nitrogens with zero attached hydrogens (tertiary/aromatic N) is 4. The number of hydrogen-bond acceptors (Lipinski definition) is 8. The summed E-state index contributed by atoms with van der Waals surface area (Å²) in [6.07, 6.45) is 1.47. The van der Waals surface area contributed by atoms with Crippen LogP contribution in [0.15, 0.2) is 54.7 Å². The SMILES string of the molecule is COC(=O)c1ccccc1Nc1nncc(Nc2ccc(C#N)cc2)n1. The minimum Gasteiger partial charge on any atom is -0.465 e. The van der Waals surface area contributed by atoms with Crippen LogP contribution in [0.1, 0.15) is 15.9 Å². The molecule has 0 atom stereocenters. The average Bonchev–Trinajstić information content (AvgIpc) is 2.69. The number of nitrogens with one attached hydrogen (secondary N) is 2. The molecule has 0 aliphatic heterocycles. The number of hydrogen-bond donors (Lipinski definition) is 2. The Morgan fingerprint density at radius 1 is 1.12 bits per heavy atom. The number of carbonyl (C=O) groups is 1. The van der Waals surface area contributed by atoms with E-state index in [2.05, 4.69) is 31.9 Å². The van der Waals surface area contributed by atoms with Crippen molar-refractivity contribution in [2.45, 2.75) is 0 Å². The molecule has 1 heterocycles. The molecular weight excluding hydrogens is 332 g/mol. The zero-order chi connectivity index (χ0) is 18.4. The fourth-order valence-corrected chi connectivity index (χ4v) is 2.19. The number of carbonyl (C=O) groups excluding carboxylic acids is 1. The van der Waals surface area contributed by atoms with Gasteiger partial charge in [-0.3, -0.25) is 0 Å². The van der Waals surface area contributed by atoms with Gasteiger partial charge in [0.15, 0.2) is 5.82 Å². The van der Waals surface area contributed by atoms with Crippen LogP contribution in [0.3, 0.4) is 0 Å². The smallest absolute Gasteiger partial charge is 0.339 e. The Balaban J connectivity index is 1.80. The molecule has 0 fully saturated rings. The molecule has 0 spiro atoms. The van der Waals surface area contributed by atoms with E-state index in [0.29, 0.717) is 22.6 Å². The predicted molar refractivity (Wildman–Crippen MR) is 95.3 cm³/mol. The van der Waals surface area contributed by atoms with Crippen LogP contribution < -0.4 is 10.6 Å². The van der Waals surface area contributed by atoms with Gasteiger partial charge in [-0.05, 0) is 36.4 Å². The Bertz CT molecular complexity index is 966. The third-order valence-electron chi connectivity index (χ3n) is 3.42. The van der Waals surface area contributed by atoms with Crippen LogP contribution in [-0.2, 0) is 4.74 Å². The molecule has 26 heavy (non-hydrogen) atoms. The summed E-state index contributed by atoms with van der Waals surface area (Å²) < 4.78 is 4.77. The molecule has 128 valence electrons. The first-order valence-corrected chi connectivity index (χ1v) is 7.61. The molecule has 0 aliphatic rings. The van der Waals surface area contributed by atoms with Crippen LogP contribution >= 0.6 is 0 Å². The second-order valence-corrected chi connectivity index (χ2v) is 5.14. The van der Waals surface area contributed by atoms with E-state index in [-0.39, 0.29) is 5.95 Å². The van der Waals surface area contributed by atoms with Gasteiger partial charge in [-0.25, -0.2) is 4.79 Å². The number of methoxy groups -OCH3 is 1. The number of anilines is 4. The number of ether oxygens (including phenoxy) is 1. The summed E-state index contributed by atoms with van der Waals surface area (Å²) in [4.78, 5) is 16.2. The monoisotopic (exact) mass is 346 g/mol. The molecule has 0 aliphatic carbocycles. The zero-order valence-corrected chi connectivity index (χ0v) is 13.8. The summed E-state index contributed by atoms with van der Waals surface area (Å²) in [5, 5.41) is 22.7. The Kier molecular flexibility index (Phi) is 5.00. The van der Waals surface area contributed by atoms with Crippen LogP contribution in [0, 0.1) is 11.3 Å². The van der Waals surface area contributed by atoms with Gasteiger partial charge in [0.2, 0.25) is 5.95 Å². The van der Waals surface area contributed by atoms with Gasteiger partial charge in [0, 0.05) is 5.69 Å². The maximum Gasteiger partial charge on any atom is 0.339 e. The van der Waals surface area contributed by atoms with Crippen molar-refractivity contribution in [1.29, 1.82) is 5.26 Å². The molecule has 2 N–H and O–H groups in total. The normalized spacial score (nSPS) is 9.85. The molecular formula is C18H14N6O2. The molecule has 0 saturated carbocycles. The maximum atomic E-state index is 11.8. The topological polar surface area (TPSA) is 113 Å². The lowest BCUT2D eigenvalue weighted by Gasteiger charge is -2.10. The summed E-state index contributed by atoms with van der Waals surface area (Å²) in [5.41, 5.74) is 2.20. The van der Waals surface area contributed by atoms with Crippen molar-refractivity contribution in [3.63, 3.8) is 0 Å². The van der Waals surface area contributed by atoms with E-state index in [1.165, 1.54) is 13.3 Å². The molecule has 0 bridgehead atoms. The number of rotatable bonds is 5. The Labute approximate surface area is 149 Å². The second kappa shape index (κ2) is 7.72. The minimum absolute atomic E-state index is 0.222. The van der Waals surface area contributed by atoms with Crippen LogP contribution in [0.5, 0.6) is 0 Å². The van der Waals surface area contributed by atoms with Gasteiger partial charge < -0.3 is 15.4 Å². The standard InChI is InChI=1S/C18H14N6O2/c1-26-17(25)14-4-2-3-5-15(14)22-18-23-16(11-20-24-18)21-13-8-6-12(10-19)7-9-13/h2-9,11H,1H3,(H2,21,22,23,24). The number of aromatic nitrogens is 3. The lowest BCUT2D eigenvalue weighted by atomic mass is 10.2. The Morgan fingerprint density at radius 3 is 2.62 bits per heavy atom. The fraction of sp³-hybridized carbons (Fsp3) is 0.0556. The highest BCUT2D eigenvalue weighted by molar-refractivity contribution is 5.96. The predicted octanol–water partition coefficient (Wildman–Crippen LogP) is 3.02. The number of para-hydroxylation sites is 1. The summed E-state index contributed by atoms with van der Waals surface area (Å²) in [6, 6.07) is 15.9. The van der Waals surface area contributed by atoms with Crippen LogP contribution in [0.25, 0.3) is 0 Å². The molecule has 0 unspecified atom stereocenters. The van der Waals surface area contributed by atoms with Gasteiger partial charge in [-0.1, -0.05) is 12.1 Å². The van der Waals surface area contributed by atoms with Crippen molar-refractivity contribution in [3.8, 4) is 6.07 Å². The molecule has 8 heteroatoms. The quantitative estimate of drug-likeness (QED) is 0.678. The summed E-state index contributed by atoms with van der Waals surface area (Å²) in [5.74, 6) is 0.218. The first kappa shape index (κ1) is 16.9. The minimum atomic E-state index is -0.465. The van der Waals surface area contributed by atoms with E-state index in [4.69, 9.17) is 10.00 Å². The lowest BCUT2D eigenvalue weighted by Crippen LogP contribution is -2.08. The van der Waals surface area contributed by atoms with E-state index in [9.17, 15) is 4.79 Å². The van der Waals surface area contributed by atoms with Gasteiger partial charge >= 0.3 is 5.97 Å². The van der Waals surface area contributed by atoms with E-state index < -0.39 is 5.97 Å². The van der Waals surface area contributed by atoms with E-state index in [1.54, 1.807) is 48.5 Å². The first-order valence-electron chi connectivity index (χ1n) is 7.61. The molecule has 0 amide bonds. The van der Waals surface area contributed by atoms with E-state index in [0.717, 1.165) is 5.69 Å². The van der Waals surface area contributed by atoms with Crippen LogP contribution in [-0.4, -0.2) is 28.3 Å². The van der Waals surface area contributed by atoms with Crippen LogP contribution in [0.2, 0.25) is 0 Å². The molecule has 8 nitrogen and oxygen atoms in total. The van der Waals surface area contributed by atoms with Gasteiger partial charge in [0.1, 0.15) is 0 Å². The first-order chi connectivity index (χ1) is 12.7. The van der Waals surface area contributed by atoms with Gasteiger partial charge in [0.25, 0.3) is 0 Å². The highest BCUT2D eigenvalue weighted by Gasteiger charge is 2.12. The van der Waals surface area contributed by atoms with Crippen molar-refractivity contribution in [1.82, 2.24) is 15.2 Å². The third-order valence-corrected chi connectivity index (χ3v) is 3.42. The average molecular weight is 346 g/mol. The van der Waals surface area contributed by atoms with Crippen molar-refractivity contribution in [2.24, 2.45) is 0 Å². The molecule has 1 aromatic heterocycles. The lowest BCUT2D eigenvalue weighted by molar-refractivity contribution is 0.0602. The largest absolute Gasteiger partial charge is 0.465 e. The third kappa shape index (κ3) is 3.91. The highest BCUT2D eigenvalue weighted by Crippen LogP contribution is 2.20. The summed E-state index contributed by atoms with van der Waals surface area (Å²) in [6.45, 7) is 0. The fourth-order valence-electron chi connectivity index (χ4n) is 2.19. The molecule has 0 saturated heterocycles. The van der Waals surface area contributed by atoms with Crippen molar-refractivity contribution < 1.29 is 9.53 Å². The number of benzene rings is 2. The Hall–Kier alpha value is -3.99. The zero-order valence-electron chi connectivity index (χ0n) is 13.8. The Morgan fingerprint density at radius 2 is 1.88 bits per heavy atom.